The zero-order chi connectivity index (χ0) is 22.0. The molecule has 1 aliphatic rings. The van der Waals surface area contributed by atoms with E-state index in [0.717, 1.165) is 27.8 Å². The third-order valence-corrected chi connectivity index (χ3v) is 6.00. The van der Waals surface area contributed by atoms with Gasteiger partial charge in [0.05, 0.1) is 16.8 Å². The molecule has 9 heteroatoms. The number of benzene rings is 1. The lowest BCUT2D eigenvalue weighted by Gasteiger charge is -2.28. The standard InChI is InChI=1S/C21H22ClN5O2S/c1-13(11-23)10-18-15(14(2)25(3)4)8-9-26(18)27(29)30-19-7-5-6-16-20(19)17(22)12-24-21(16)28/h5-7,10,12,29H,2,8-9H2,1,3-4H3,(H,24,28)/b13-10+. The summed E-state index contributed by atoms with van der Waals surface area (Å²) in [7, 11) is 3.80. The van der Waals surface area contributed by atoms with Crippen LogP contribution in [-0.4, -0.2) is 45.3 Å². The highest BCUT2D eigenvalue weighted by atomic mass is 35.5. The van der Waals surface area contributed by atoms with Crippen molar-refractivity contribution in [3.63, 3.8) is 0 Å². The number of halogens is 1. The maximum absolute atomic E-state index is 12.1. The van der Waals surface area contributed by atoms with Crippen LogP contribution in [0.3, 0.4) is 0 Å². The van der Waals surface area contributed by atoms with Crippen molar-refractivity contribution in [1.29, 1.82) is 5.26 Å². The molecule has 0 amide bonds. The molecule has 0 atom stereocenters. The van der Waals surface area contributed by atoms with E-state index in [1.54, 1.807) is 36.2 Å². The number of hydrazine groups is 1. The van der Waals surface area contributed by atoms with Crippen LogP contribution in [-0.2, 0) is 0 Å². The molecule has 2 N–H and O–H groups in total. The first kappa shape index (κ1) is 22.0. The van der Waals surface area contributed by atoms with E-state index in [4.69, 9.17) is 11.6 Å². The Morgan fingerprint density at radius 2 is 2.20 bits per heavy atom. The number of H-pyrrole nitrogens is 1. The monoisotopic (exact) mass is 443 g/mol. The number of hydrogen-bond donors (Lipinski definition) is 2. The van der Waals surface area contributed by atoms with Gasteiger partial charge in [0, 0.05) is 71.3 Å². The molecule has 0 saturated heterocycles. The number of pyridine rings is 1. The Morgan fingerprint density at radius 1 is 1.47 bits per heavy atom. The SMILES string of the molecule is C=C(C1=C(/C=C(\C)C#N)N(N(O)Sc2cccc3c(=O)[nH]cc(Cl)c23)CC1)N(C)C. The Morgan fingerprint density at radius 3 is 2.87 bits per heavy atom. The van der Waals surface area contributed by atoms with E-state index in [9.17, 15) is 15.3 Å². The van der Waals surface area contributed by atoms with Gasteiger partial charge >= 0.3 is 0 Å². The molecule has 156 valence electrons. The van der Waals surface area contributed by atoms with Gasteiger partial charge in [0.2, 0.25) is 0 Å². The van der Waals surface area contributed by atoms with Crippen molar-refractivity contribution < 1.29 is 5.21 Å². The molecule has 2 heterocycles. The number of nitriles is 1. The minimum absolute atomic E-state index is 0.250. The Labute approximate surface area is 184 Å². The van der Waals surface area contributed by atoms with Gasteiger partial charge in [-0.3, -0.25) is 15.0 Å². The van der Waals surface area contributed by atoms with Gasteiger partial charge in [0.25, 0.3) is 5.56 Å². The summed E-state index contributed by atoms with van der Waals surface area (Å²) >= 11 is 7.37. The minimum atomic E-state index is -0.250. The molecule has 0 saturated carbocycles. The van der Waals surface area contributed by atoms with Crippen molar-refractivity contribution in [2.75, 3.05) is 20.6 Å². The summed E-state index contributed by atoms with van der Waals surface area (Å²) in [6.07, 6.45) is 3.84. The molecule has 2 aromatic rings. The second kappa shape index (κ2) is 8.98. The molecule has 0 radical (unpaired) electrons. The number of allylic oxidation sites excluding steroid dienone is 3. The molecular formula is C21H22ClN5O2S. The fraction of sp³-hybridized carbons (Fsp3) is 0.238. The summed E-state index contributed by atoms with van der Waals surface area (Å²) < 4.78 is 1.01. The number of likely N-dealkylation sites (N-methyl/N-ethyl adjacent to an activating group) is 1. The molecule has 0 bridgehead atoms. The quantitative estimate of drug-likeness (QED) is 0.391. The van der Waals surface area contributed by atoms with Crippen molar-refractivity contribution in [2.45, 2.75) is 18.2 Å². The lowest BCUT2D eigenvalue weighted by molar-refractivity contribution is -0.130. The average Bonchev–Trinajstić information content (AvgIpc) is 3.13. The van der Waals surface area contributed by atoms with Gasteiger partial charge in [0.1, 0.15) is 0 Å². The largest absolute Gasteiger partial charge is 0.378 e. The summed E-state index contributed by atoms with van der Waals surface area (Å²) in [5.41, 5.74) is 2.72. The summed E-state index contributed by atoms with van der Waals surface area (Å²) in [5.74, 6) is 0. The second-order valence-electron chi connectivity index (χ2n) is 7.01. The predicted molar refractivity (Wildman–Crippen MR) is 120 cm³/mol. The van der Waals surface area contributed by atoms with Gasteiger partial charge in [-0.05, 0) is 36.1 Å². The maximum atomic E-state index is 12.1. The van der Waals surface area contributed by atoms with E-state index < -0.39 is 0 Å². The number of nitrogens with one attached hydrogen (secondary N) is 1. The predicted octanol–water partition coefficient (Wildman–Crippen LogP) is 4.30. The molecule has 1 aromatic heterocycles. The Kier molecular flexibility index (Phi) is 6.58. The van der Waals surface area contributed by atoms with Crippen molar-refractivity contribution in [1.82, 2.24) is 19.5 Å². The number of aromatic nitrogens is 1. The van der Waals surface area contributed by atoms with Gasteiger partial charge in [-0.15, -0.1) is 0 Å². The normalized spacial score (nSPS) is 14.6. The van der Waals surface area contributed by atoms with E-state index in [1.807, 2.05) is 19.0 Å². The van der Waals surface area contributed by atoms with E-state index in [-0.39, 0.29) is 5.56 Å². The fourth-order valence-electron chi connectivity index (χ4n) is 3.22. The topological polar surface area (TPSA) is 86.6 Å². The molecule has 0 spiro atoms. The summed E-state index contributed by atoms with van der Waals surface area (Å²) in [6, 6.07) is 7.34. The van der Waals surface area contributed by atoms with E-state index in [0.29, 0.717) is 44.9 Å². The van der Waals surface area contributed by atoms with Crippen LogP contribution in [0.25, 0.3) is 10.8 Å². The number of nitrogens with zero attached hydrogens (tertiary/aromatic N) is 4. The van der Waals surface area contributed by atoms with Crippen LogP contribution in [0, 0.1) is 11.3 Å². The van der Waals surface area contributed by atoms with E-state index in [2.05, 4.69) is 17.6 Å². The fourth-order valence-corrected chi connectivity index (χ4v) is 4.43. The van der Waals surface area contributed by atoms with Crippen LogP contribution in [0.15, 0.2) is 69.3 Å². The van der Waals surface area contributed by atoms with Crippen LogP contribution in [0.4, 0.5) is 0 Å². The second-order valence-corrected chi connectivity index (χ2v) is 8.36. The van der Waals surface area contributed by atoms with E-state index >= 15 is 0 Å². The van der Waals surface area contributed by atoms with Gasteiger partial charge in [-0.2, -0.15) is 5.26 Å². The molecule has 1 aromatic carbocycles. The van der Waals surface area contributed by atoms with Gasteiger partial charge in [-0.25, -0.2) is 0 Å². The van der Waals surface area contributed by atoms with Crippen LogP contribution < -0.4 is 5.56 Å². The van der Waals surface area contributed by atoms with Crippen molar-refractivity contribution in [3.05, 3.63) is 75.0 Å². The molecule has 3 rings (SSSR count). The number of rotatable bonds is 6. The highest BCUT2D eigenvalue weighted by molar-refractivity contribution is 7.97. The first-order valence-corrected chi connectivity index (χ1v) is 10.3. The van der Waals surface area contributed by atoms with Crippen molar-refractivity contribution in [3.8, 4) is 6.07 Å². The van der Waals surface area contributed by atoms with Crippen molar-refractivity contribution in [2.24, 2.45) is 0 Å². The van der Waals surface area contributed by atoms with Gasteiger partial charge < -0.3 is 9.88 Å². The lowest BCUT2D eigenvalue weighted by Crippen LogP contribution is -2.32. The minimum Gasteiger partial charge on any atom is -0.378 e. The lowest BCUT2D eigenvalue weighted by atomic mass is 10.1. The molecule has 1 aliphatic heterocycles. The Bertz CT molecular complexity index is 1160. The Hall–Kier alpha value is -2.70. The number of fused-ring (bicyclic) bond motifs is 1. The zero-order valence-corrected chi connectivity index (χ0v) is 18.5. The van der Waals surface area contributed by atoms with Crippen LogP contribution >= 0.6 is 23.5 Å². The Balaban J connectivity index is 2.01. The third kappa shape index (κ3) is 4.25. The first-order chi connectivity index (χ1) is 14.2. The van der Waals surface area contributed by atoms with Gasteiger partial charge in [0.15, 0.2) is 0 Å². The van der Waals surface area contributed by atoms with E-state index in [1.165, 1.54) is 6.20 Å². The molecule has 0 aliphatic carbocycles. The summed E-state index contributed by atoms with van der Waals surface area (Å²) in [5, 5.41) is 23.2. The molecule has 0 fully saturated rings. The van der Waals surface area contributed by atoms with Crippen LogP contribution in [0.5, 0.6) is 0 Å². The summed E-state index contributed by atoms with van der Waals surface area (Å²) in [6.45, 7) is 6.35. The third-order valence-electron chi connectivity index (χ3n) is 4.80. The molecular weight excluding hydrogens is 422 g/mol. The number of hydrogen-bond acceptors (Lipinski definition) is 7. The van der Waals surface area contributed by atoms with Gasteiger partial charge in [-0.1, -0.05) is 24.2 Å². The molecule has 0 unspecified atom stereocenters. The van der Waals surface area contributed by atoms with Crippen LogP contribution in [0.1, 0.15) is 13.3 Å². The average molecular weight is 444 g/mol. The highest BCUT2D eigenvalue weighted by Gasteiger charge is 2.29. The smallest absolute Gasteiger partial charge is 0.255 e. The summed E-state index contributed by atoms with van der Waals surface area (Å²) in [4.78, 5) is 17.3. The first-order valence-electron chi connectivity index (χ1n) is 9.17. The van der Waals surface area contributed by atoms with Crippen molar-refractivity contribution >= 4 is 34.3 Å². The molecule has 7 nitrogen and oxygen atoms in total. The number of aromatic amines is 1. The zero-order valence-electron chi connectivity index (χ0n) is 16.9. The van der Waals surface area contributed by atoms with Crippen LogP contribution in [0.2, 0.25) is 5.02 Å². The highest BCUT2D eigenvalue weighted by Crippen LogP contribution is 2.37. The maximum Gasteiger partial charge on any atom is 0.255 e. The molecule has 30 heavy (non-hydrogen) atoms.